The Morgan fingerprint density at radius 1 is 1.31 bits per heavy atom. The largest absolute Gasteiger partial charge is 0.507 e. The van der Waals surface area contributed by atoms with E-state index in [1.54, 1.807) is 30.2 Å². The Kier molecular flexibility index (Phi) is 6.77. The summed E-state index contributed by atoms with van der Waals surface area (Å²) in [5.41, 5.74) is 0.574. The van der Waals surface area contributed by atoms with Crippen LogP contribution in [0.1, 0.15) is 22.9 Å². The van der Waals surface area contributed by atoms with Gasteiger partial charge in [0.2, 0.25) is 0 Å². The Bertz CT molecular complexity index is 940. The molecule has 1 aliphatic heterocycles. The summed E-state index contributed by atoms with van der Waals surface area (Å²) in [6, 6.07) is 8.23. The highest BCUT2D eigenvalue weighted by Gasteiger charge is 2.46. The number of amides is 1. The second-order valence-corrected chi connectivity index (χ2v) is 8.85. The van der Waals surface area contributed by atoms with Gasteiger partial charge in [-0.2, -0.15) is 0 Å². The van der Waals surface area contributed by atoms with Gasteiger partial charge < -0.3 is 19.6 Å². The van der Waals surface area contributed by atoms with Gasteiger partial charge in [-0.3, -0.25) is 9.59 Å². The quantitative estimate of drug-likeness (QED) is 0.371. The lowest BCUT2D eigenvalue weighted by Crippen LogP contribution is -2.32. The molecule has 1 atom stereocenters. The fourth-order valence-electron chi connectivity index (χ4n) is 3.38. The molecule has 1 amide bonds. The highest BCUT2D eigenvalue weighted by atomic mass is 79.9. The van der Waals surface area contributed by atoms with Crippen molar-refractivity contribution in [1.29, 1.82) is 0 Å². The van der Waals surface area contributed by atoms with Crippen molar-refractivity contribution >= 4 is 44.7 Å². The van der Waals surface area contributed by atoms with Gasteiger partial charge in [-0.1, -0.05) is 6.07 Å². The standard InChI is InChI=1S/C21H23BrN2O4S/c1-23(2)9-5-10-24-18(16-6-4-11-29-16)17(20(26)21(24)27)19(25)13-7-8-15(28-3)14(22)12-13/h4,6-8,11-12,18,25H,5,9-10H2,1-3H3/b19-17-. The van der Waals surface area contributed by atoms with E-state index >= 15 is 0 Å². The van der Waals surface area contributed by atoms with Crippen molar-refractivity contribution < 1.29 is 19.4 Å². The van der Waals surface area contributed by atoms with Crippen molar-refractivity contribution in [2.75, 3.05) is 34.3 Å². The van der Waals surface area contributed by atoms with Crippen LogP contribution in [0.25, 0.3) is 5.76 Å². The zero-order valence-electron chi connectivity index (χ0n) is 16.5. The van der Waals surface area contributed by atoms with Crippen LogP contribution in [0, 0.1) is 0 Å². The third-order valence-corrected chi connectivity index (χ3v) is 6.33. The fourth-order valence-corrected chi connectivity index (χ4v) is 4.77. The summed E-state index contributed by atoms with van der Waals surface area (Å²) in [4.78, 5) is 30.1. The van der Waals surface area contributed by atoms with Crippen molar-refractivity contribution in [3.05, 3.63) is 56.2 Å². The summed E-state index contributed by atoms with van der Waals surface area (Å²) in [6.45, 7) is 1.24. The maximum Gasteiger partial charge on any atom is 0.295 e. The van der Waals surface area contributed by atoms with E-state index in [4.69, 9.17) is 4.74 Å². The molecular formula is C21H23BrN2O4S. The van der Waals surface area contributed by atoms with Gasteiger partial charge in [-0.05, 0) is 72.6 Å². The molecule has 8 heteroatoms. The molecule has 1 fully saturated rings. The lowest BCUT2D eigenvalue weighted by Gasteiger charge is -2.24. The van der Waals surface area contributed by atoms with Crippen LogP contribution in [0.5, 0.6) is 5.75 Å². The lowest BCUT2D eigenvalue weighted by atomic mass is 10.00. The Morgan fingerprint density at radius 2 is 2.07 bits per heavy atom. The van der Waals surface area contributed by atoms with E-state index in [9.17, 15) is 14.7 Å². The minimum absolute atomic E-state index is 0.124. The number of ether oxygens (including phenoxy) is 1. The second kappa shape index (κ2) is 9.11. The number of hydrogen-bond donors (Lipinski definition) is 1. The number of nitrogens with zero attached hydrogens (tertiary/aromatic N) is 2. The topological polar surface area (TPSA) is 70.1 Å². The molecule has 0 bridgehead atoms. The highest BCUT2D eigenvalue weighted by Crippen LogP contribution is 2.41. The molecular weight excluding hydrogens is 456 g/mol. The summed E-state index contributed by atoms with van der Waals surface area (Å²) in [5.74, 6) is -0.797. The van der Waals surface area contributed by atoms with E-state index in [1.165, 1.54) is 11.3 Å². The molecule has 6 nitrogen and oxygen atoms in total. The maximum atomic E-state index is 12.9. The molecule has 0 spiro atoms. The summed E-state index contributed by atoms with van der Waals surface area (Å²) >= 11 is 4.86. The number of rotatable bonds is 7. The van der Waals surface area contributed by atoms with E-state index < -0.39 is 17.7 Å². The van der Waals surface area contributed by atoms with Crippen molar-refractivity contribution in [2.24, 2.45) is 0 Å². The number of methoxy groups -OCH3 is 1. The van der Waals surface area contributed by atoms with Gasteiger partial charge in [0.1, 0.15) is 11.5 Å². The zero-order valence-corrected chi connectivity index (χ0v) is 18.9. The first-order valence-corrected chi connectivity index (χ1v) is 10.8. The average molecular weight is 479 g/mol. The molecule has 2 heterocycles. The van der Waals surface area contributed by atoms with E-state index in [0.717, 1.165) is 17.8 Å². The second-order valence-electron chi connectivity index (χ2n) is 7.01. The number of carbonyl (C=O) groups is 2. The van der Waals surface area contributed by atoms with E-state index in [-0.39, 0.29) is 11.3 Å². The first-order valence-electron chi connectivity index (χ1n) is 9.15. The van der Waals surface area contributed by atoms with Gasteiger partial charge in [-0.25, -0.2) is 0 Å². The number of aliphatic hydroxyl groups is 1. The zero-order chi connectivity index (χ0) is 21.1. The number of thiophene rings is 1. The predicted octanol–water partition coefficient (Wildman–Crippen LogP) is 3.89. The van der Waals surface area contributed by atoms with Crippen molar-refractivity contribution in [1.82, 2.24) is 9.80 Å². The number of Topliss-reactive ketones (excluding diaryl/α,β-unsaturated/α-hetero) is 1. The third-order valence-electron chi connectivity index (χ3n) is 4.78. The molecule has 1 aromatic heterocycles. The number of benzene rings is 1. The van der Waals surface area contributed by atoms with Crippen molar-refractivity contribution in [2.45, 2.75) is 12.5 Å². The number of hydrogen-bond acceptors (Lipinski definition) is 6. The van der Waals surface area contributed by atoms with Crippen LogP contribution in [0.4, 0.5) is 0 Å². The minimum atomic E-state index is -0.655. The Labute approximate surface area is 182 Å². The molecule has 29 heavy (non-hydrogen) atoms. The van der Waals surface area contributed by atoms with Gasteiger partial charge in [0.25, 0.3) is 11.7 Å². The van der Waals surface area contributed by atoms with Crippen LogP contribution in [0.15, 0.2) is 45.8 Å². The normalized spacial score (nSPS) is 18.7. The van der Waals surface area contributed by atoms with Crippen LogP contribution < -0.4 is 4.74 Å². The molecule has 1 saturated heterocycles. The Balaban J connectivity index is 2.05. The molecule has 1 aromatic carbocycles. The summed E-state index contributed by atoms with van der Waals surface area (Å²) in [5, 5.41) is 12.9. The lowest BCUT2D eigenvalue weighted by molar-refractivity contribution is -0.139. The smallest absolute Gasteiger partial charge is 0.295 e. The first kappa shape index (κ1) is 21.5. The number of halogens is 1. The fraction of sp³-hybridized carbons (Fsp3) is 0.333. The average Bonchev–Trinajstić information content (AvgIpc) is 3.29. The predicted molar refractivity (Wildman–Crippen MR) is 117 cm³/mol. The SMILES string of the molecule is COc1ccc(/C(O)=C2/C(=O)C(=O)N(CCCN(C)C)C2c2cccs2)cc1Br. The van der Waals surface area contributed by atoms with Crippen LogP contribution in [-0.4, -0.2) is 60.9 Å². The van der Waals surface area contributed by atoms with Crippen LogP contribution >= 0.6 is 27.3 Å². The van der Waals surface area contributed by atoms with Gasteiger partial charge in [-0.15, -0.1) is 11.3 Å². The molecule has 2 aromatic rings. The summed E-state index contributed by atoms with van der Waals surface area (Å²) < 4.78 is 5.88. The molecule has 0 aliphatic carbocycles. The van der Waals surface area contributed by atoms with Gasteiger partial charge in [0, 0.05) is 17.0 Å². The van der Waals surface area contributed by atoms with E-state index in [2.05, 4.69) is 15.9 Å². The maximum absolute atomic E-state index is 12.9. The minimum Gasteiger partial charge on any atom is -0.507 e. The van der Waals surface area contributed by atoms with Crippen molar-refractivity contribution in [3.63, 3.8) is 0 Å². The monoisotopic (exact) mass is 478 g/mol. The number of aliphatic hydroxyl groups excluding tert-OH is 1. The molecule has 1 unspecified atom stereocenters. The molecule has 1 N–H and O–H groups in total. The molecule has 0 radical (unpaired) electrons. The molecule has 0 saturated carbocycles. The van der Waals surface area contributed by atoms with Gasteiger partial charge >= 0.3 is 0 Å². The number of carbonyl (C=O) groups excluding carboxylic acids is 2. The first-order chi connectivity index (χ1) is 13.8. The number of ketones is 1. The third kappa shape index (κ3) is 4.39. The summed E-state index contributed by atoms with van der Waals surface area (Å²) in [6.07, 6.45) is 0.732. The Morgan fingerprint density at radius 3 is 2.66 bits per heavy atom. The van der Waals surface area contributed by atoms with Crippen LogP contribution in [0.3, 0.4) is 0 Å². The molecule has 3 rings (SSSR count). The van der Waals surface area contributed by atoms with Crippen LogP contribution in [0.2, 0.25) is 0 Å². The van der Waals surface area contributed by atoms with E-state index in [0.29, 0.717) is 22.3 Å². The number of likely N-dealkylation sites (tertiary alicyclic amines) is 1. The van der Waals surface area contributed by atoms with Gasteiger partial charge in [0.05, 0.1) is 23.2 Å². The van der Waals surface area contributed by atoms with Gasteiger partial charge in [0.15, 0.2) is 0 Å². The molecule has 154 valence electrons. The highest BCUT2D eigenvalue weighted by molar-refractivity contribution is 9.10. The Hall–Kier alpha value is -2.16. The van der Waals surface area contributed by atoms with Crippen LogP contribution in [-0.2, 0) is 9.59 Å². The molecule has 1 aliphatic rings. The van der Waals surface area contributed by atoms with Crippen molar-refractivity contribution in [3.8, 4) is 5.75 Å². The summed E-state index contributed by atoms with van der Waals surface area (Å²) in [7, 11) is 5.48. The van der Waals surface area contributed by atoms with E-state index in [1.807, 2.05) is 36.5 Å².